The quantitative estimate of drug-likeness (QED) is 0.732. The van der Waals surface area contributed by atoms with Gasteiger partial charge in [-0.25, -0.2) is 0 Å². The predicted molar refractivity (Wildman–Crippen MR) is 60.8 cm³/mol. The first-order valence-corrected chi connectivity index (χ1v) is 4.73. The lowest BCUT2D eigenvalue weighted by Gasteiger charge is -1.97. The first-order valence-electron chi connectivity index (χ1n) is 4.73. The largest absolute Gasteiger partial charge is 0.361 e. The van der Waals surface area contributed by atoms with E-state index in [1.807, 2.05) is 30.5 Å². The van der Waals surface area contributed by atoms with E-state index in [-0.39, 0.29) is 0 Å². The van der Waals surface area contributed by atoms with Gasteiger partial charge in [-0.1, -0.05) is 30.3 Å². The lowest BCUT2D eigenvalue weighted by atomic mass is 10.1. The van der Waals surface area contributed by atoms with Crippen molar-refractivity contribution in [1.29, 1.82) is 0 Å². The smallest absolute Gasteiger partial charge is 0.0410 e. The molecule has 0 amide bonds. The Bertz CT molecular complexity index is 410. The Labute approximate surface area is 84.1 Å². The lowest BCUT2D eigenvalue weighted by molar-refractivity contribution is 1.34. The average molecular weight is 183 g/mol. The maximum absolute atomic E-state index is 3.19. The number of benzene rings is 1. The molecule has 0 radical (unpaired) electrons. The molecular formula is C13H13N. The van der Waals surface area contributed by atoms with Gasteiger partial charge >= 0.3 is 0 Å². The van der Waals surface area contributed by atoms with E-state index in [4.69, 9.17) is 0 Å². The van der Waals surface area contributed by atoms with Gasteiger partial charge < -0.3 is 4.98 Å². The van der Waals surface area contributed by atoms with Crippen molar-refractivity contribution in [2.75, 3.05) is 0 Å². The number of hydrogen-bond donors (Lipinski definition) is 1. The fraction of sp³-hybridized carbons (Fsp3) is 0.0769. The SMILES string of the molecule is C/C(=C/c1ccccc1)c1ccc[nH]1. The molecule has 2 aromatic rings. The van der Waals surface area contributed by atoms with E-state index in [0.29, 0.717) is 0 Å². The second kappa shape index (κ2) is 3.97. The first kappa shape index (κ1) is 8.82. The molecule has 0 spiro atoms. The molecule has 14 heavy (non-hydrogen) atoms. The zero-order valence-corrected chi connectivity index (χ0v) is 8.20. The maximum atomic E-state index is 3.19. The predicted octanol–water partition coefficient (Wildman–Crippen LogP) is 3.58. The van der Waals surface area contributed by atoms with Crippen molar-refractivity contribution < 1.29 is 0 Å². The standard InChI is InChI=1S/C13H13N/c1-11(13-8-5-9-14-13)10-12-6-3-2-4-7-12/h2-10,14H,1H3/b11-10-. The molecule has 70 valence electrons. The van der Waals surface area contributed by atoms with Gasteiger partial charge in [0.05, 0.1) is 0 Å². The topological polar surface area (TPSA) is 15.8 Å². The summed E-state index contributed by atoms with van der Waals surface area (Å²) >= 11 is 0. The molecule has 0 aliphatic heterocycles. The van der Waals surface area contributed by atoms with Crippen LogP contribution in [-0.2, 0) is 0 Å². The van der Waals surface area contributed by atoms with Gasteiger partial charge in [0, 0.05) is 11.9 Å². The van der Waals surface area contributed by atoms with E-state index < -0.39 is 0 Å². The van der Waals surface area contributed by atoms with Gasteiger partial charge in [0.1, 0.15) is 0 Å². The highest BCUT2D eigenvalue weighted by atomic mass is 14.7. The molecule has 2 rings (SSSR count). The van der Waals surface area contributed by atoms with Crippen LogP contribution in [0.1, 0.15) is 18.2 Å². The van der Waals surface area contributed by atoms with Crippen LogP contribution in [0.25, 0.3) is 11.6 Å². The molecule has 0 unspecified atom stereocenters. The summed E-state index contributed by atoms with van der Waals surface area (Å²) in [4.78, 5) is 3.19. The molecular weight excluding hydrogens is 170 g/mol. The number of H-pyrrole nitrogens is 1. The summed E-state index contributed by atoms with van der Waals surface area (Å²) in [6, 6.07) is 14.4. The summed E-state index contributed by atoms with van der Waals surface area (Å²) in [5.74, 6) is 0. The number of aromatic nitrogens is 1. The van der Waals surface area contributed by atoms with Gasteiger partial charge in [0.2, 0.25) is 0 Å². The summed E-state index contributed by atoms with van der Waals surface area (Å²) < 4.78 is 0. The van der Waals surface area contributed by atoms with Gasteiger partial charge in [-0.2, -0.15) is 0 Å². The van der Waals surface area contributed by atoms with Gasteiger partial charge in [-0.3, -0.25) is 0 Å². The van der Waals surface area contributed by atoms with E-state index in [1.165, 1.54) is 16.8 Å². The molecule has 1 aromatic heterocycles. The molecule has 0 aliphatic rings. The molecule has 1 nitrogen and oxygen atoms in total. The van der Waals surface area contributed by atoms with E-state index in [2.05, 4.69) is 36.2 Å². The van der Waals surface area contributed by atoms with Gasteiger partial charge in [-0.15, -0.1) is 0 Å². The molecule has 0 bridgehead atoms. The van der Waals surface area contributed by atoms with Crippen LogP contribution >= 0.6 is 0 Å². The van der Waals surface area contributed by atoms with Gasteiger partial charge in [0.15, 0.2) is 0 Å². The van der Waals surface area contributed by atoms with Crippen LogP contribution in [0.3, 0.4) is 0 Å². The highest BCUT2D eigenvalue weighted by Crippen LogP contribution is 2.15. The maximum Gasteiger partial charge on any atom is 0.0410 e. The molecule has 0 saturated carbocycles. The number of rotatable bonds is 2. The fourth-order valence-electron chi connectivity index (χ4n) is 1.45. The fourth-order valence-corrected chi connectivity index (χ4v) is 1.45. The van der Waals surface area contributed by atoms with Crippen LogP contribution < -0.4 is 0 Å². The van der Waals surface area contributed by atoms with Crippen molar-refractivity contribution in [3.8, 4) is 0 Å². The van der Waals surface area contributed by atoms with Crippen molar-refractivity contribution in [1.82, 2.24) is 4.98 Å². The molecule has 0 saturated heterocycles. The highest BCUT2D eigenvalue weighted by Gasteiger charge is 1.94. The van der Waals surface area contributed by atoms with Crippen molar-refractivity contribution in [3.05, 3.63) is 59.9 Å². The number of nitrogens with one attached hydrogen (secondary N) is 1. The van der Waals surface area contributed by atoms with Crippen molar-refractivity contribution >= 4 is 11.6 Å². The molecule has 0 atom stereocenters. The zero-order chi connectivity index (χ0) is 9.80. The Kier molecular flexibility index (Phi) is 2.50. The Hall–Kier alpha value is -1.76. The van der Waals surface area contributed by atoms with Crippen LogP contribution in [0.15, 0.2) is 48.7 Å². The second-order valence-corrected chi connectivity index (χ2v) is 3.32. The summed E-state index contributed by atoms with van der Waals surface area (Å²) in [7, 11) is 0. The second-order valence-electron chi connectivity index (χ2n) is 3.32. The Morgan fingerprint density at radius 2 is 1.86 bits per heavy atom. The van der Waals surface area contributed by atoms with Crippen LogP contribution in [0.4, 0.5) is 0 Å². The number of hydrogen-bond acceptors (Lipinski definition) is 0. The Morgan fingerprint density at radius 3 is 2.50 bits per heavy atom. The van der Waals surface area contributed by atoms with Crippen molar-refractivity contribution in [3.63, 3.8) is 0 Å². The van der Waals surface area contributed by atoms with Crippen LogP contribution in [0, 0.1) is 0 Å². The van der Waals surface area contributed by atoms with Crippen LogP contribution in [0.5, 0.6) is 0 Å². The third-order valence-corrected chi connectivity index (χ3v) is 2.21. The van der Waals surface area contributed by atoms with Crippen LogP contribution in [0.2, 0.25) is 0 Å². The Balaban J connectivity index is 2.28. The van der Waals surface area contributed by atoms with E-state index in [9.17, 15) is 0 Å². The van der Waals surface area contributed by atoms with Crippen molar-refractivity contribution in [2.45, 2.75) is 6.92 Å². The van der Waals surface area contributed by atoms with Gasteiger partial charge in [-0.05, 0) is 36.3 Å². The van der Waals surface area contributed by atoms with E-state index in [0.717, 1.165) is 0 Å². The first-order chi connectivity index (χ1) is 6.86. The van der Waals surface area contributed by atoms with Crippen LogP contribution in [-0.4, -0.2) is 4.98 Å². The minimum absolute atomic E-state index is 1.17. The summed E-state index contributed by atoms with van der Waals surface area (Å²) in [6.45, 7) is 2.11. The lowest BCUT2D eigenvalue weighted by Crippen LogP contribution is -1.78. The summed E-state index contributed by atoms with van der Waals surface area (Å²) in [5, 5.41) is 0. The minimum Gasteiger partial charge on any atom is -0.361 e. The monoisotopic (exact) mass is 183 g/mol. The third-order valence-electron chi connectivity index (χ3n) is 2.21. The van der Waals surface area contributed by atoms with Crippen molar-refractivity contribution in [2.24, 2.45) is 0 Å². The van der Waals surface area contributed by atoms with Gasteiger partial charge in [0.25, 0.3) is 0 Å². The van der Waals surface area contributed by atoms with E-state index >= 15 is 0 Å². The average Bonchev–Trinajstić information content (AvgIpc) is 2.72. The summed E-state index contributed by atoms with van der Waals surface area (Å²) in [6.07, 6.45) is 4.11. The molecule has 0 aliphatic carbocycles. The zero-order valence-electron chi connectivity index (χ0n) is 8.20. The normalized spacial score (nSPS) is 11.6. The van der Waals surface area contributed by atoms with E-state index in [1.54, 1.807) is 0 Å². The molecule has 1 N–H and O–H groups in total. The molecule has 1 heterocycles. The Morgan fingerprint density at radius 1 is 1.07 bits per heavy atom. The molecule has 1 aromatic carbocycles. The highest BCUT2D eigenvalue weighted by molar-refractivity contribution is 5.78. The third kappa shape index (κ3) is 1.94. The molecule has 1 heteroatoms. The summed E-state index contributed by atoms with van der Waals surface area (Å²) in [5.41, 5.74) is 3.66. The number of allylic oxidation sites excluding steroid dienone is 1. The number of aromatic amines is 1. The minimum atomic E-state index is 1.17. The molecule has 0 fully saturated rings.